The largest absolute Gasteiger partial charge is 0.326 e. The topological polar surface area (TPSA) is 52.0 Å². The van der Waals surface area contributed by atoms with Crippen molar-refractivity contribution >= 4 is 0 Å². The van der Waals surface area contributed by atoms with Crippen LogP contribution in [-0.4, -0.2) is 6.04 Å². The minimum atomic E-state index is -0.0430. The summed E-state index contributed by atoms with van der Waals surface area (Å²) in [6, 6.07) is 10.1. The predicted molar refractivity (Wildman–Crippen MR) is 60.8 cm³/mol. The van der Waals surface area contributed by atoms with Crippen LogP contribution >= 0.6 is 0 Å². The van der Waals surface area contributed by atoms with Gasteiger partial charge in [0.2, 0.25) is 0 Å². The van der Waals surface area contributed by atoms with Gasteiger partial charge in [0.25, 0.3) is 0 Å². The Balaban J connectivity index is 2.61. The molecule has 0 aromatic heterocycles. The van der Waals surface area contributed by atoms with Gasteiger partial charge in [-0.3, -0.25) is 0 Å². The summed E-state index contributed by atoms with van der Waals surface area (Å²) in [6.07, 6.45) is 0.968. The number of rotatable bonds is 4. The molecule has 1 aromatic rings. The van der Waals surface area contributed by atoms with Crippen LogP contribution in [0.4, 0.5) is 0 Å². The molecule has 78 valence electrons. The van der Waals surface area contributed by atoms with Gasteiger partial charge in [0.1, 0.15) is 0 Å². The number of hydrogen-bond donors (Lipinski definition) is 2. The Morgan fingerprint density at radius 3 is 2.14 bits per heavy atom. The lowest BCUT2D eigenvalue weighted by atomic mass is 9.94. The minimum Gasteiger partial charge on any atom is -0.326 e. The van der Waals surface area contributed by atoms with E-state index in [2.05, 4.69) is 13.8 Å². The van der Waals surface area contributed by atoms with Crippen molar-refractivity contribution in [3.8, 4) is 0 Å². The highest BCUT2D eigenvalue weighted by atomic mass is 14.8. The quantitative estimate of drug-likeness (QED) is 0.767. The maximum absolute atomic E-state index is 6.06. The average molecular weight is 192 g/mol. The van der Waals surface area contributed by atoms with Crippen molar-refractivity contribution in [2.75, 3.05) is 0 Å². The lowest BCUT2D eigenvalue weighted by Crippen LogP contribution is -2.35. The molecule has 2 nitrogen and oxygen atoms in total. The van der Waals surface area contributed by atoms with E-state index in [1.54, 1.807) is 0 Å². The van der Waals surface area contributed by atoms with Crippen LogP contribution in [0.1, 0.15) is 31.9 Å². The summed E-state index contributed by atoms with van der Waals surface area (Å²) in [7, 11) is 0. The first kappa shape index (κ1) is 11.2. The van der Waals surface area contributed by atoms with Crippen LogP contribution in [0.15, 0.2) is 30.3 Å². The standard InChI is InChI=1S/C12H20N2/c1-9(2)8-11(13)12(14)10-6-4-3-5-7-10/h3-7,9,11-12H,8,13-14H2,1-2H3/t11-,12-/m1/s1. The van der Waals surface area contributed by atoms with Crippen molar-refractivity contribution in [3.05, 3.63) is 35.9 Å². The highest BCUT2D eigenvalue weighted by Gasteiger charge is 2.15. The van der Waals surface area contributed by atoms with Gasteiger partial charge in [-0.05, 0) is 17.9 Å². The average Bonchev–Trinajstić information content (AvgIpc) is 2.17. The van der Waals surface area contributed by atoms with Gasteiger partial charge >= 0.3 is 0 Å². The van der Waals surface area contributed by atoms with Crippen LogP contribution in [0.3, 0.4) is 0 Å². The van der Waals surface area contributed by atoms with E-state index in [1.807, 2.05) is 30.3 Å². The third kappa shape index (κ3) is 3.13. The Hall–Kier alpha value is -0.860. The lowest BCUT2D eigenvalue weighted by molar-refractivity contribution is 0.439. The molecular weight excluding hydrogens is 172 g/mol. The van der Waals surface area contributed by atoms with Crippen LogP contribution in [0, 0.1) is 5.92 Å². The summed E-state index contributed by atoms with van der Waals surface area (Å²) in [6.45, 7) is 4.33. The Kier molecular flexibility index (Phi) is 4.11. The molecule has 1 aromatic carbocycles. The van der Waals surface area contributed by atoms with Gasteiger partial charge in [0, 0.05) is 12.1 Å². The molecule has 14 heavy (non-hydrogen) atoms. The molecule has 1 rings (SSSR count). The summed E-state index contributed by atoms with van der Waals surface area (Å²) >= 11 is 0. The maximum Gasteiger partial charge on any atom is 0.0448 e. The van der Waals surface area contributed by atoms with Gasteiger partial charge in [0.05, 0.1) is 0 Å². The van der Waals surface area contributed by atoms with E-state index in [9.17, 15) is 0 Å². The molecular formula is C12H20N2. The summed E-state index contributed by atoms with van der Waals surface area (Å²) in [4.78, 5) is 0. The van der Waals surface area contributed by atoms with Crippen LogP contribution in [0.2, 0.25) is 0 Å². The van der Waals surface area contributed by atoms with Gasteiger partial charge in [-0.15, -0.1) is 0 Å². The Labute approximate surface area is 86.3 Å². The van der Waals surface area contributed by atoms with Crippen molar-refractivity contribution in [1.82, 2.24) is 0 Å². The Morgan fingerprint density at radius 1 is 1.07 bits per heavy atom. The van der Waals surface area contributed by atoms with E-state index in [1.165, 1.54) is 0 Å². The number of nitrogens with two attached hydrogens (primary N) is 2. The van der Waals surface area contributed by atoms with Gasteiger partial charge < -0.3 is 11.5 Å². The molecule has 0 spiro atoms. The number of hydrogen-bond acceptors (Lipinski definition) is 2. The Bertz CT molecular complexity index is 256. The zero-order chi connectivity index (χ0) is 10.6. The highest BCUT2D eigenvalue weighted by molar-refractivity contribution is 5.19. The smallest absolute Gasteiger partial charge is 0.0448 e. The van der Waals surface area contributed by atoms with Crippen LogP contribution in [0.25, 0.3) is 0 Å². The fourth-order valence-electron chi connectivity index (χ4n) is 1.61. The first-order valence-electron chi connectivity index (χ1n) is 5.17. The molecule has 0 radical (unpaired) electrons. The molecule has 0 heterocycles. The number of benzene rings is 1. The van der Waals surface area contributed by atoms with E-state index in [-0.39, 0.29) is 12.1 Å². The van der Waals surface area contributed by atoms with Crippen molar-refractivity contribution in [2.45, 2.75) is 32.4 Å². The second-order valence-electron chi connectivity index (χ2n) is 4.23. The molecule has 0 aliphatic carbocycles. The summed E-state index contributed by atoms with van der Waals surface area (Å²) < 4.78 is 0. The fourth-order valence-corrected chi connectivity index (χ4v) is 1.61. The first-order chi connectivity index (χ1) is 6.61. The van der Waals surface area contributed by atoms with Crippen molar-refractivity contribution in [1.29, 1.82) is 0 Å². The molecule has 0 unspecified atom stereocenters. The first-order valence-corrected chi connectivity index (χ1v) is 5.17. The van der Waals surface area contributed by atoms with E-state index < -0.39 is 0 Å². The van der Waals surface area contributed by atoms with Crippen molar-refractivity contribution in [3.63, 3.8) is 0 Å². The van der Waals surface area contributed by atoms with Gasteiger partial charge in [0.15, 0.2) is 0 Å². The highest BCUT2D eigenvalue weighted by Crippen LogP contribution is 2.17. The second kappa shape index (κ2) is 5.13. The minimum absolute atomic E-state index is 0.0430. The SMILES string of the molecule is CC(C)C[C@@H](N)[C@H](N)c1ccccc1. The van der Waals surface area contributed by atoms with Gasteiger partial charge in [-0.1, -0.05) is 44.2 Å². The zero-order valence-electron chi connectivity index (χ0n) is 8.98. The van der Waals surface area contributed by atoms with Crippen LogP contribution in [0.5, 0.6) is 0 Å². The fraction of sp³-hybridized carbons (Fsp3) is 0.500. The Morgan fingerprint density at radius 2 is 1.64 bits per heavy atom. The summed E-state index contributed by atoms with van der Waals surface area (Å²) in [5.41, 5.74) is 13.2. The summed E-state index contributed by atoms with van der Waals surface area (Å²) in [5, 5.41) is 0. The molecule has 0 aliphatic heterocycles. The molecule has 4 N–H and O–H groups in total. The maximum atomic E-state index is 6.06. The van der Waals surface area contributed by atoms with Crippen molar-refractivity contribution < 1.29 is 0 Å². The van der Waals surface area contributed by atoms with E-state index in [4.69, 9.17) is 11.5 Å². The molecule has 0 saturated heterocycles. The second-order valence-corrected chi connectivity index (χ2v) is 4.23. The molecule has 0 aliphatic rings. The molecule has 2 heteroatoms. The normalized spacial score (nSPS) is 15.5. The van der Waals surface area contributed by atoms with Crippen LogP contribution < -0.4 is 11.5 Å². The van der Waals surface area contributed by atoms with Crippen LogP contribution in [-0.2, 0) is 0 Å². The molecule has 2 atom stereocenters. The van der Waals surface area contributed by atoms with Gasteiger partial charge in [-0.25, -0.2) is 0 Å². The van der Waals surface area contributed by atoms with E-state index in [0.29, 0.717) is 5.92 Å². The summed E-state index contributed by atoms with van der Waals surface area (Å²) in [5.74, 6) is 0.597. The van der Waals surface area contributed by atoms with E-state index in [0.717, 1.165) is 12.0 Å². The molecule has 0 fully saturated rings. The van der Waals surface area contributed by atoms with Crippen molar-refractivity contribution in [2.24, 2.45) is 17.4 Å². The third-order valence-corrected chi connectivity index (χ3v) is 2.39. The molecule has 0 saturated carbocycles. The molecule has 0 bridgehead atoms. The monoisotopic (exact) mass is 192 g/mol. The lowest BCUT2D eigenvalue weighted by Gasteiger charge is -2.21. The third-order valence-electron chi connectivity index (χ3n) is 2.39. The van der Waals surface area contributed by atoms with Gasteiger partial charge in [-0.2, -0.15) is 0 Å². The predicted octanol–water partition coefficient (Wildman–Crippen LogP) is 2.06. The molecule has 0 amide bonds. The zero-order valence-corrected chi connectivity index (χ0v) is 8.98. The van der Waals surface area contributed by atoms with E-state index >= 15 is 0 Å².